The number of unbranched alkanes of at least 4 members (excludes halogenated alkanes) is 3. The molecule has 1 fully saturated rings. The van der Waals surface area contributed by atoms with E-state index in [1.165, 1.54) is 4.90 Å². The third kappa shape index (κ3) is 11.7. The second-order valence-corrected chi connectivity index (χ2v) is 14.5. The van der Waals surface area contributed by atoms with E-state index in [9.17, 15) is 32.8 Å². The number of imide groups is 1. The van der Waals surface area contributed by atoms with Gasteiger partial charge in [0.25, 0.3) is 11.8 Å². The molecule has 54 heavy (non-hydrogen) atoms. The van der Waals surface area contributed by atoms with Crippen molar-refractivity contribution in [3.63, 3.8) is 0 Å². The highest BCUT2D eigenvalue weighted by molar-refractivity contribution is 6.01. The lowest BCUT2D eigenvalue weighted by atomic mass is 9.84. The van der Waals surface area contributed by atoms with Crippen LogP contribution in [0, 0.1) is 17.0 Å². The lowest BCUT2D eigenvalue weighted by molar-refractivity contribution is -0.197. The SMILES string of the molecule is CC(C)(C)[C@H](c1nc(-c2cc(F)ccc2F)cn1Cc1ccccc1)N(CC[C@H](N)CF)C(=O)CNC(=O)CCCCCCC(=O)ON1C(=O)CCC1=O. The molecule has 4 amide bonds. The van der Waals surface area contributed by atoms with Gasteiger partial charge in [-0.1, -0.05) is 63.9 Å². The van der Waals surface area contributed by atoms with Crippen LogP contribution in [0.1, 0.15) is 96.0 Å². The van der Waals surface area contributed by atoms with Crippen LogP contribution in [0.15, 0.2) is 54.7 Å². The van der Waals surface area contributed by atoms with Crippen LogP contribution in [0.5, 0.6) is 0 Å². The molecule has 2 aromatic carbocycles. The number of halogens is 3. The van der Waals surface area contributed by atoms with Crippen molar-refractivity contribution in [2.45, 2.75) is 97.2 Å². The largest absolute Gasteiger partial charge is 0.347 e. The summed E-state index contributed by atoms with van der Waals surface area (Å²) in [5, 5.41) is 3.19. The van der Waals surface area contributed by atoms with E-state index in [4.69, 9.17) is 15.6 Å². The van der Waals surface area contributed by atoms with Crippen LogP contribution in [0.25, 0.3) is 11.3 Å². The van der Waals surface area contributed by atoms with Crippen LogP contribution in [0.2, 0.25) is 0 Å². The number of benzene rings is 2. The molecule has 0 aliphatic carbocycles. The van der Waals surface area contributed by atoms with Crippen LogP contribution in [0.3, 0.4) is 0 Å². The highest BCUT2D eigenvalue weighted by atomic mass is 19.1. The van der Waals surface area contributed by atoms with Crippen LogP contribution in [-0.2, 0) is 35.4 Å². The number of imidazole rings is 1. The van der Waals surface area contributed by atoms with Gasteiger partial charge in [-0.15, -0.1) is 5.06 Å². The number of hydroxylamine groups is 2. The van der Waals surface area contributed by atoms with Crippen molar-refractivity contribution in [3.8, 4) is 11.3 Å². The fourth-order valence-electron chi connectivity index (χ4n) is 6.23. The number of nitrogens with zero attached hydrogens (tertiary/aromatic N) is 4. The number of carbonyl (C=O) groups is 5. The summed E-state index contributed by atoms with van der Waals surface area (Å²) in [6.45, 7) is 4.88. The molecule has 12 nitrogen and oxygen atoms in total. The van der Waals surface area contributed by atoms with Gasteiger partial charge in [0.05, 0.1) is 18.3 Å². The predicted octanol–water partition coefficient (Wildman–Crippen LogP) is 5.54. The first-order chi connectivity index (χ1) is 25.7. The first-order valence-electron chi connectivity index (χ1n) is 18.2. The minimum Gasteiger partial charge on any atom is -0.347 e. The topological polar surface area (TPSA) is 157 Å². The molecular weight excluding hydrogens is 705 g/mol. The Hall–Kier alpha value is -5.05. The van der Waals surface area contributed by atoms with Gasteiger partial charge in [-0.05, 0) is 48.4 Å². The van der Waals surface area contributed by atoms with Gasteiger partial charge in [0.15, 0.2) is 0 Å². The molecule has 0 spiro atoms. The Kier molecular flexibility index (Phi) is 14.9. The molecule has 1 aliphatic heterocycles. The summed E-state index contributed by atoms with van der Waals surface area (Å²) in [7, 11) is 0. The molecule has 1 aliphatic rings. The van der Waals surface area contributed by atoms with Gasteiger partial charge in [0.1, 0.15) is 24.1 Å². The average Bonchev–Trinajstić information content (AvgIpc) is 3.68. The summed E-state index contributed by atoms with van der Waals surface area (Å²) < 4.78 is 44.7. The molecule has 0 saturated carbocycles. The Morgan fingerprint density at radius 2 is 1.65 bits per heavy atom. The van der Waals surface area contributed by atoms with Gasteiger partial charge in [0.2, 0.25) is 11.8 Å². The van der Waals surface area contributed by atoms with E-state index in [2.05, 4.69) is 5.32 Å². The lowest BCUT2D eigenvalue weighted by Crippen LogP contribution is -2.48. The van der Waals surface area contributed by atoms with Crippen LogP contribution < -0.4 is 11.1 Å². The molecular formula is C39H49F3N6O6. The molecule has 1 saturated heterocycles. The second-order valence-electron chi connectivity index (χ2n) is 14.5. The van der Waals surface area contributed by atoms with Gasteiger partial charge >= 0.3 is 5.97 Å². The maximum absolute atomic E-state index is 15.0. The molecule has 15 heteroatoms. The average molecular weight is 755 g/mol. The van der Waals surface area contributed by atoms with E-state index < -0.39 is 59.5 Å². The molecule has 3 aromatic rings. The Labute approximate surface area is 313 Å². The molecule has 1 aromatic heterocycles. The van der Waals surface area contributed by atoms with Gasteiger partial charge in [-0.2, -0.15) is 0 Å². The van der Waals surface area contributed by atoms with Gasteiger partial charge in [-0.3, -0.25) is 19.2 Å². The van der Waals surface area contributed by atoms with Crippen LogP contribution in [0.4, 0.5) is 13.2 Å². The molecule has 2 heterocycles. The zero-order valence-electron chi connectivity index (χ0n) is 31.0. The van der Waals surface area contributed by atoms with Crippen molar-refractivity contribution < 1.29 is 42.0 Å². The number of nitrogens with two attached hydrogens (primary N) is 1. The fourth-order valence-corrected chi connectivity index (χ4v) is 6.23. The van der Waals surface area contributed by atoms with Crippen molar-refractivity contribution in [1.82, 2.24) is 24.8 Å². The minimum absolute atomic E-state index is 0.0108. The van der Waals surface area contributed by atoms with Gasteiger partial charge in [-0.25, -0.2) is 22.9 Å². The molecule has 3 N–H and O–H groups in total. The number of hydrogen-bond donors (Lipinski definition) is 2. The Morgan fingerprint density at radius 3 is 2.30 bits per heavy atom. The van der Waals surface area contributed by atoms with E-state index in [-0.39, 0.29) is 62.4 Å². The van der Waals surface area contributed by atoms with Crippen LogP contribution >= 0.6 is 0 Å². The van der Waals surface area contributed by atoms with Crippen molar-refractivity contribution in [1.29, 1.82) is 0 Å². The summed E-state index contributed by atoms with van der Waals surface area (Å²) in [6.07, 6.45) is 4.02. The first kappa shape index (κ1) is 41.7. The fraction of sp³-hybridized carbons (Fsp3) is 0.487. The quantitative estimate of drug-likeness (QED) is 0.119. The maximum Gasteiger partial charge on any atom is 0.333 e. The van der Waals surface area contributed by atoms with Crippen molar-refractivity contribution in [2.24, 2.45) is 11.1 Å². The molecule has 0 unspecified atom stereocenters. The summed E-state index contributed by atoms with van der Waals surface area (Å²) in [4.78, 5) is 73.3. The maximum atomic E-state index is 15.0. The first-order valence-corrected chi connectivity index (χ1v) is 18.2. The molecule has 2 atom stereocenters. The Bertz CT molecular complexity index is 1760. The van der Waals surface area contributed by atoms with E-state index in [1.54, 1.807) is 10.8 Å². The number of alkyl halides is 1. The zero-order valence-corrected chi connectivity index (χ0v) is 31.0. The lowest BCUT2D eigenvalue weighted by Gasteiger charge is -2.40. The third-order valence-electron chi connectivity index (χ3n) is 9.01. The van der Waals surface area contributed by atoms with Gasteiger partial charge in [0, 0.05) is 56.6 Å². The van der Waals surface area contributed by atoms with Gasteiger partial charge < -0.3 is 25.4 Å². The molecule has 4 rings (SSSR count). The smallest absolute Gasteiger partial charge is 0.333 e. The number of nitrogens with one attached hydrogen (secondary N) is 1. The normalized spacial score (nSPS) is 14.2. The number of rotatable bonds is 19. The van der Waals surface area contributed by atoms with E-state index in [0.29, 0.717) is 43.1 Å². The van der Waals surface area contributed by atoms with E-state index >= 15 is 4.39 Å². The van der Waals surface area contributed by atoms with Crippen molar-refractivity contribution in [3.05, 3.63) is 77.8 Å². The number of aromatic nitrogens is 2. The summed E-state index contributed by atoms with van der Waals surface area (Å²) >= 11 is 0. The Balaban J connectivity index is 1.46. The summed E-state index contributed by atoms with van der Waals surface area (Å²) in [5.74, 6) is -3.51. The summed E-state index contributed by atoms with van der Waals surface area (Å²) in [6, 6.07) is 10.9. The van der Waals surface area contributed by atoms with Crippen molar-refractivity contribution in [2.75, 3.05) is 19.8 Å². The van der Waals surface area contributed by atoms with E-state index in [1.807, 2.05) is 51.1 Å². The number of amides is 4. The monoisotopic (exact) mass is 754 g/mol. The summed E-state index contributed by atoms with van der Waals surface area (Å²) in [5.41, 5.74) is 6.28. The van der Waals surface area contributed by atoms with E-state index in [0.717, 1.165) is 23.8 Å². The minimum atomic E-state index is -0.844. The standard InChI is InChI=1S/C39H49F3N6O6/c1-39(2,3)37(38-45-31(29-21-27(41)15-16-30(29)42)25-46(38)24-26-11-7-6-8-12-26)47(20-19-28(43)22-40)35(52)23-44-32(49)13-9-4-5-10-14-36(53)54-48-33(50)17-18-34(48)51/h6-8,11-12,15-16,21,25,28,37H,4-5,9-10,13-14,17-20,22-24,43H2,1-3H3,(H,44,49)/t28-,37-/m0/s1. The zero-order chi connectivity index (χ0) is 39.4. The molecule has 0 radical (unpaired) electrons. The highest BCUT2D eigenvalue weighted by Gasteiger charge is 2.39. The number of carbonyl (C=O) groups excluding carboxylic acids is 5. The molecule has 292 valence electrons. The number of hydrogen-bond acceptors (Lipinski definition) is 8. The second kappa shape index (κ2) is 19.3. The van der Waals surface area contributed by atoms with Crippen molar-refractivity contribution >= 4 is 29.6 Å². The van der Waals surface area contributed by atoms with Crippen LogP contribution in [-0.4, -0.2) is 74.9 Å². The molecule has 0 bridgehead atoms. The third-order valence-corrected chi connectivity index (χ3v) is 9.01. The highest BCUT2D eigenvalue weighted by Crippen LogP contribution is 2.39. The Morgan fingerprint density at radius 1 is 0.981 bits per heavy atom. The predicted molar refractivity (Wildman–Crippen MR) is 193 cm³/mol.